The first-order chi connectivity index (χ1) is 21.6. The molecule has 0 aromatic carbocycles. The van der Waals surface area contributed by atoms with Crippen molar-refractivity contribution in [3.05, 3.63) is 0 Å². The van der Waals surface area contributed by atoms with Crippen LogP contribution in [0.2, 0.25) is 0 Å². The number of hydrogen-bond donors (Lipinski definition) is 3. The predicted molar refractivity (Wildman–Crippen MR) is 189 cm³/mol. The van der Waals surface area contributed by atoms with Crippen molar-refractivity contribution >= 4 is 11.7 Å². The minimum absolute atomic E-state index is 0.183. The van der Waals surface area contributed by atoms with Gasteiger partial charge in [-0.2, -0.15) is 0 Å². The van der Waals surface area contributed by atoms with Crippen LogP contribution in [0, 0.1) is 0 Å². The summed E-state index contributed by atoms with van der Waals surface area (Å²) in [5.74, 6) is -0.457. The lowest BCUT2D eigenvalue weighted by atomic mass is 10.0. The summed E-state index contributed by atoms with van der Waals surface area (Å²) in [4.78, 5) is 24.8. The molecule has 44 heavy (non-hydrogen) atoms. The number of ketones is 1. The normalized spacial score (nSPS) is 12.8. The zero-order valence-electron chi connectivity index (χ0n) is 29.7. The molecule has 0 heterocycles. The lowest BCUT2D eigenvalue weighted by Gasteiger charge is -2.21. The predicted octanol–water partition coefficient (Wildman–Crippen LogP) is 10.9. The summed E-state index contributed by atoms with van der Waals surface area (Å²) in [7, 11) is 0. The highest BCUT2D eigenvalue weighted by atomic mass is 16.3. The molecule has 0 radical (unpaired) electrons. The Morgan fingerprint density at radius 3 is 1.02 bits per heavy atom. The van der Waals surface area contributed by atoms with Crippen LogP contribution < -0.4 is 5.32 Å². The molecular weight excluding hydrogens is 546 g/mol. The molecule has 1 amide bonds. The van der Waals surface area contributed by atoms with E-state index in [1.165, 1.54) is 154 Å². The van der Waals surface area contributed by atoms with Crippen molar-refractivity contribution in [1.29, 1.82) is 0 Å². The summed E-state index contributed by atoms with van der Waals surface area (Å²) in [5.41, 5.74) is 0. The van der Waals surface area contributed by atoms with E-state index in [1.54, 1.807) is 0 Å². The van der Waals surface area contributed by atoms with Crippen LogP contribution in [0.4, 0.5) is 0 Å². The SMILES string of the molecule is CCCCCCCCCCCCCCCCCCCCCC(=O)N[C@H](CO)[C@@H](O)C(=O)CCCCCCCCCCCCC. The third-order valence-electron chi connectivity index (χ3n) is 9.29. The molecule has 3 N–H and O–H groups in total. The molecule has 262 valence electrons. The molecule has 0 aromatic rings. The first-order valence-corrected chi connectivity index (χ1v) is 19.7. The van der Waals surface area contributed by atoms with Crippen LogP contribution in [0.15, 0.2) is 0 Å². The molecule has 0 unspecified atom stereocenters. The second kappa shape index (κ2) is 34.9. The highest BCUT2D eigenvalue weighted by molar-refractivity contribution is 5.85. The fourth-order valence-electron chi connectivity index (χ4n) is 6.20. The number of amides is 1. The van der Waals surface area contributed by atoms with Crippen molar-refractivity contribution in [3.8, 4) is 0 Å². The third-order valence-corrected chi connectivity index (χ3v) is 9.29. The average Bonchev–Trinajstić information content (AvgIpc) is 3.03. The molecule has 5 heteroatoms. The lowest BCUT2D eigenvalue weighted by molar-refractivity contribution is -0.131. The summed E-state index contributed by atoms with van der Waals surface area (Å²) in [6, 6.07) is -0.900. The van der Waals surface area contributed by atoms with E-state index in [9.17, 15) is 19.8 Å². The molecule has 5 nitrogen and oxygen atoms in total. The lowest BCUT2D eigenvalue weighted by Crippen LogP contribution is -2.49. The summed E-state index contributed by atoms with van der Waals surface area (Å²) in [5, 5.41) is 22.7. The molecule has 0 saturated carbocycles. The largest absolute Gasteiger partial charge is 0.394 e. The van der Waals surface area contributed by atoms with Gasteiger partial charge in [-0.1, -0.05) is 194 Å². The Kier molecular flexibility index (Phi) is 34.2. The molecule has 0 fully saturated rings. The molecule has 0 aliphatic rings. The van der Waals surface area contributed by atoms with Gasteiger partial charge >= 0.3 is 0 Å². The van der Waals surface area contributed by atoms with Crippen molar-refractivity contribution in [3.63, 3.8) is 0 Å². The van der Waals surface area contributed by atoms with Crippen molar-refractivity contribution in [2.45, 2.75) is 231 Å². The molecular formula is C39H77NO4. The molecule has 0 aliphatic heterocycles. The molecule has 0 saturated heterocycles. The number of carbonyl (C=O) groups is 2. The van der Waals surface area contributed by atoms with E-state index in [-0.39, 0.29) is 11.7 Å². The summed E-state index contributed by atoms with van der Waals surface area (Å²) in [6.45, 7) is 4.10. The highest BCUT2D eigenvalue weighted by Gasteiger charge is 2.26. The van der Waals surface area contributed by atoms with Crippen LogP contribution in [0.5, 0.6) is 0 Å². The van der Waals surface area contributed by atoms with Gasteiger partial charge in [-0.25, -0.2) is 0 Å². The van der Waals surface area contributed by atoms with Gasteiger partial charge in [0.25, 0.3) is 0 Å². The van der Waals surface area contributed by atoms with Crippen molar-refractivity contribution in [2.24, 2.45) is 0 Å². The van der Waals surface area contributed by atoms with Gasteiger partial charge < -0.3 is 15.5 Å². The number of unbranched alkanes of at least 4 members (excludes halogenated alkanes) is 28. The van der Waals surface area contributed by atoms with Gasteiger partial charge in [-0.05, 0) is 12.8 Å². The standard InChI is InChI=1S/C39H77NO4/c1-3-5-7-9-11-13-15-16-17-18-19-20-21-22-24-26-28-30-32-34-38(43)40-36(35-41)39(44)37(42)33-31-29-27-25-23-14-12-10-8-6-4-2/h36,39,41,44H,3-35H2,1-2H3,(H,40,43)/t36-,39-/m1/s1. The van der Waals surface area contributed by atoms with Gasteiger partial charge in [-0.3, -0.25) is 9.59 Å². The summed E-state index contributed by atoms with van der Waals surface area (Å²) in [6.07, 6.45) is 37.8. The number of Topliss-reactive ketones (excluding diaryl/α,β-unsaturated/α-hetero) is 1. The molecule has 0 aromatic heterocycles. The molecule has 0 rings (SSSR count). The number of rotatable bonds is 36. The van der Waals surface area contributed by atoms with E-state index in [0.717, 1.165) is 38.5 Å². The number of nitrogens with one attached hydrogen (secondary N) is 1. The van der Waals surface area contributed by atoms with Crippen LogP contribution in [0.3, 0.4) is 0 Å². The minimum Gasteiger partial charge on any atom is -0.394 e. The first-order valence-electron chi connectivity index (χ1n) is 19.7. The van der Waals surface area contributed by atoms with Gasteiger partial charge in [0.1, 0.15) is 6.10 Å². The molecule has 2 atom stereocenters. The van der Waals surface area contributed by atoms with Crippen molar-refractivity contribution in [1.82, 2.24) is 5.32 Å². The maximum absolute atomic E-state index is 12.4. The maximum Gasteiger partial charge on any atom is 0.220 e. The van der Waals surface area contributed by atoms with E-state index >= 15 is 0 Å². The summed E-state index contributed by atoms with van der Waals surface area (Å²) >= 11 is 0. The van der Waals surface area contributed by atoms with E-state index in [2.05, 4.69) is 19.2 Å². The number of aliphatic hydroxyl groups excluding tert-OH is 2. The van der Waals surface area contributed by atoms with E-state index in [4.69, 9.17) is 0 Å². The summed E-state index contributed by atoms with van der Waals surface area (Å²) < 4.78 is 0. The van der Waals surface area contributed by atoms with Crippen LogP contribution in [-0.4, -0.2) is 40.7 Å². The zero-order chi connectivity index (χ0) is 32.4. The Labute approximate surface area is 274 Å². The van der Waals surface area contributed by atoms with Crippen molar-refractivity contribution < 1.29 is 19.8 Å². The third kappa shape index (κ3) is 29.8. The van der Waals surface area contributed by atoms with Gasteiger partial charge in [-0.15, -0.1) is 0 Å². The first kappa shape index (κ1) is 43.1. The fraction of sp³-hybridized carbons (Fsp3) is 0.949. The van der Waals surface area contributed by atoms with Crippen LogP contribution in [0.25, 0.3) is 0 Å². The monoisotopic (exact) mass is 624 g/mol. The Morgan fingerprint density at radius 1 is 0.455 bits per heavy atom. The second-order valence-electron chi connectivity index (χ2n) is 13.7. The maximum atomic E-state index is 12.4. The zero-order valence-corrected chi connectivity index (χ0v) is 29.7. The van der Waals surface area contributed by atoms with Crippen molar-refractivity contribution in [2.75, 3.05) is 6.61 Å². The Morgan fingerprint density at radius 2 is 0.727 bits per heavy atom. The van der Waals surface area contributed by atoms with Gasteiger partial charge in [0, 0.05) is 12.8 Å². The Balaban J connectivity index is 3.60. The van der Waals surface area contributed by atoms with Crippen LogP contribution in [-0.2, 0) is 9.59 Å². The fourth-order valence-corrected chi connectivity index (χ4v) is 6.20. The Hall–Kier alpha value is -0.940. The topological polar surface area (TPSA) is 86.6 Å². The number of hydrogen-bond acceptors (Lipinski definition) is 4. The van der Waals surface area contributed by atoms with E-state index in [1.807, 2.05) is 0 Å². The number of carbonyl (C=O) groups excluding carboxylic acids is 2. The minimum atomic E-state index is -1.32. The van der Waals surface area contributed by atoms with E-state index < -0.39 is 18.8 Å². The van der Waals surface area contributed by atoms with Gasteiger partial charge in [0.05, 0.1) is 12.6 Å². The average molecular weight is 624 g/mol. The van der Waals surface area contributed by atoms with Gasteiger partial charge in [0.2, 0.25) is 5.91 Å². The van der Waals surface area contributed by atoms with Crippen LogP contribution in [0.1, 0.15) is 219 Å². The Bertz CT molecular complexity index is 611. The van der Waals surface area contributed by atoms with E-state index in [0.29, 0.717) is 12.8 Å². The quantitative estimate of drug-likeness (QED) is 0.0606. The van der Waals surface area contributed by atoms with Crippen LogP contribution >= 0.6 is 0 Å². The molecule has 0 aliphatic carbocycles. The smallest absolute Gasteiger partial charge is 0.220 e. The number of aliphatic hydroxyl groups is 2. The second-order valence-corrected chi connectivity index (χ2v) is 13.7. The highest BCUT2D eigenvalue weighted by Crippen LogP contribution is 2.16. The molecule has 0 bridgehead atoms. The molecule has 0 spiro atoms. The van der Waals surface area contributed by atoms with Gasteiger partial charge in [0.15, 0.2) is 5.78 Å².